The van der Waals surface area contributed by atoms with Gasteiger partial charge in [-0.3, -0.25) is 29.5 Å². The van der Waals surface area contributed by atoms with Crippen molar-refractivity contribution in [3.63, 3.8) is 0 Å². The molecule has 10 nitrogen and oxygen atoms in total. The van der Waals surface area contributed by atoms with Gasteiger partial charge in [0.15, 0.2) is 0 Å². The van der Waals surface area contributed by atoms with Crippen LogP contribution >= 0.6 is 0 Å². The van der Waals surface area contributed by atoms with Crippen LogP contribution in [0.15, 0.2) is 54.2 Å². The number of non-ortho nitro benzene ring substituents is 1. The maximum Gasteiger partial charge on any atom is 0.278 e. The summed E-state index contributed by atoms with van der Waals surface area (Å²) in [5, 5.41) is 14.2. The lowest BCUT2D eigenvalue weighted by Gasteiger charge is -2.28. The highest BCUT2D eigenvalue weighted by atomic mass is 16.6. The van der Waals surface area contributed by atoms with Crippen molar-refractivity contribution in [2.24, 2.45) is 0 Å². The molecule has 1 saturated heterocycles. The Morgan fingerprint density at radius 3 is 2.41 bits per heavy atom. The third-order valence-electron chi connectivity index (χ3n) is 5.72. The largest absolute Gasteiger partial charge is 0.492 e. The van der Waals surface area contributed by atoms with Crippen LogP contribution in [0.1, 0.15) is 12.5 Å². The van der Waals surface area contributed by atoms with E-state index >= 15 is 0 Å². The number of hydrogen-bond donors (Lipinski definition) is 1. The van der Waals surface area contributed by atoms with Crippen molar-refractivity contribution in [2.75, 3.05) is 51.3 Å². The predicted octanol–water partition coefficient (Wildman–Crippen LogP) is 2.52. The van der Waals surface area contributed by atoms with E-state index in [0.717, 1.165) is 13.1 Å². The summed E-state index contributed by atoms with van der Waals surface area (Å²) in [4.78, 5) is 40.8. The first-order valence-corrected chi connectivity index (χ1v) is 11.1. The number of carbonyl (C=O) groups excluding carboxylic acids is 2. The number of nitro groups is 1. The van der Waals surface area contributed by atoms with Crippen LogP contribution in [0.3, 0.4) is 0 Å². The van der Waals surface area contributed by atoms with Crippen molar-refractivity contribution < 1.29 is 24.0 Å². The number of carbonyl (C=O) groups is 2. The number of para-hydroxylation sites is 2. The summed E-state index contributed by atoms with van der Waals surface area (Å²) in [6, 6.07) is 12.8. The second-order valence-electron chi connectivity index (χ2n) is 7.82. The second-order valence-corrected chi connectivity index (χ2v) is 7.82. The molecule has 0 unspecified atom stereocenters. The predicted molar refractivity (Wildman–Crippen MR) is 125 cm³/mol. The number of anilines is 1. The smallest absolute Gasteiger partial charge is 0.278 e. The van der Waals surface area contributed by atoms with Crippen LogP contribution in [0, 0.1) is 10.1 Å². The lowest BCUT2D eigenvalue weighted by molar-refractivity contribution is -0.384. The summed E-state index contributed by atoms with van der Waals surface area (Å²) >= 11 is 0. The molecule has 1 N–H and O–H groups in total. The number of morpholine rings is 1. The molecule has 2 aromatic rings. The molecule has 0 bridgehead atoms. The number of imide groups is 1. The molecule has 178 valence electrons. The minimum Gasteiger partial charge on any atom is -0.492 e. The highest BCUT2D eigenvalue weighted by molar-refractivity contribution is 6.36. The van der Waals surface area contributed by atoms with Gasteiger partial charge in [-0.05, 0) is 36.8 Å². The van der Waals surface area contributed by atoms with Crippen LogP contribution in [-0.2, 0) is 14.3 Å². The van der Waals surface area contributed by atoms with E-state index in [1.54, 1.807) is 18.2 Å². The molecule has 2 amide bonds. The van der Waals surface area contributed by atoms with E-state index in [2.05, 4.69) is 10.2 Å². The van der Waals surface area contributed by atoms with Crippen molar-refractivity contribution in [1.29, 1.82) is 0 Å². The monoisotopic (exact) mass is 466 g/mol. The molecule has 34 heavy (non-hydrogen) atoms. The van der Waals surface area contributed by atoms with E-state index in [1.165, 1.54) is 29.2 Å². The van der Waals surface area contributed by atoms with Gasteiger partial charge < -0.3 is 14.8 Å². The summed E-state index contributed by atoms with van der Waals surface area (Å²) in [5.41, 5.74) is 1.17. The van der Waals surface area contributed by atoms with Gasteiger partial charge in [0, 0.05) is 38.3 Å². The van der Waals surface area contributed by atoms with E-state index in [0.29, 0.717) is 43.4 Å². The van der Waals surface area contributed by atoms with Gasteiger partial charge in [0.25, 0.3) is 17.5 Å². The maximum atomic E-state index is 13.4. The maximum absolute atomic E-state index is 13.4. The molecule has 1 fully saturated rings. The highest BCUT2D eigenvalue weighted by Gasteiger charge is 2.39. The Bertz CT molecular complexity index is 1110. The Balaban J connectivity index is 1.66. The molecule has 10 heteroatoms. The minimum absolute atomic E-state index is 0.0958. The SMILES string of the molecule is CCOc1ccccc1NC1=C(c2ccc([N+](=O)[O-])cc2)C(=O)N(CCN2CCOCC2)C1=O. The fourth-order valence-electron chi connectivity index (χ4n) is 3.96. The molecule has 2 aliphatic heterocycles. The van der Waals surface area contributed by atoms with E-state index < -0.39 is 16.7 Å². The van der Waals surface area contributed by atoms with Gasteiger partial charge in [0.2, 0.25) is 0 Å². The molecule has 0 aromatic heterocycles. The van der Waals surface area contributed by atoms with Gasteiger partial charge in [0.05, 0.1) is 36.0 Å². The molecule has 2 aliphatic rings. The van der Waals surface area contributed by atoms with Gasteiger partial charge in [-0.2, -0.15) is 0 Å². The summed E-state index contributed by atoms with van der Waals surface area (Å²) in [7, 11) is 0. The van der Waals surface area contributed by atoms with Gasteiger partial charge in [0.1, 0.15) is 11.4 Å². The number of rotatable bonds is 9. The molecule has 0 radical (unpaired) electrons. The minimum atomic E-state index is -0.508. The first kappa shape index (κ1) is 23.4. The van der Waals surface area contributed by atoms with Gasteiger partial charge in [-0.15, -0.1) is 0 Å². The van der Waals surface area contributed by atoms with Crippen molar-refractivity contribution >= 4 is 28.8 Å². The molecule has 0 atom stereocenters. The fourth-order valence-corrected chi connectivity index (χ4v) is 3.96. The zero-order valence-corrected chi connectivity index (χ0v) is 18.9. The van der Waals surface area contributed by atoms with Crippen molar-refractivity contribution in [3.05, 3.63) is 69.9 Å². The molecule has 2 heterocycles. The van der Waals surface area contributed by atoms with Crippen LogP contribution in [0.2, 0.25) is 0 Å². The summed E-state index contributed by atoms with van der Waals surface area (Å²) in [5.74, 6) is -0.339. The van der Waals surface area contributed by atoms with Crippen LogP contribution < -0.4 is 10.1 Å². The molecular weight excluding hydrogens is 440 g/mol. The Morgan fingerprint density at radius 2 is 1.74 bits per heavy atom. The summed E-state index contributed by atoms with van der Waals surface area (Å²) in [6.45, 7) is 5.78. The van der Waals surface area contributed by atoms with E-state index in [-0.39, 0.29) is 23.5 Å². The zero-order chi connectivity index (χ0) is 24.1. The summed E-state index contributed by atoms with van der Waals surface area (Å²) in [6.07, 6.45) is 0. The Labute approximate surface area is 196 Å². The first-order chi connectivity index (χ1) is 16.5. The topological polar surface area (TPSA) is 114 Å². The van der Waals surface area contributed by atoms with Crippen LogP contribution in [-0.4, -0.2) is 72.5 Å². The number of benzene rings is 2. The quantitative estimate of drug-likeness (QED) is 0.341. The zero-order valence-electron chi connectivity index (χ0n) is 18.9. The van der Waals surface area contributed by atoms with Crippen LogP contribution in [0.25, 0.3) is 5.57 Å². The molecular formula is C24H26N4O6. The molecule has 4 rings (SSSR count). The third-order valence-corrected chi connectivity index (χ3v) is 5.72. The molecule has 2 aromatic carbocycles. The van der Waals surface area contributed by atoms with Crippen LogP contribution in [0.5, 0.6) is 5.75 Å². The Morgan fingerprint density at radius 1 is 1.03 bits per heavy atom. The average Bonchev–Trinajstić information content (AvgIpc) is 3.08. The average molecular weight is 466 g/mol. The molecule has 0 spiro atoms. The number of nitrogens with zero attached hydrogens (tertiary/aromatic N) is 3. The van der Waals surface area contributed by atoms with E-state index in [9.17, 15) is 19.7 Å². The number of amides is 2. The van der Waals surface area contributed by atoms with Gasteiger partial charge in [-0.25, -0.2) is 0 Å². The second kappa shape index (κ2) is 10.4. The molecule has 0 saturated carbocycles. The highest BCUT2D eigenvalue weighted by Crippen LogP contribution is 2.34. The standard InChI is InChI=1S/C24H26N4O6/c1-2-34-20-6-4-3-5-19(20)25-22-21(17-7-9-18(10-8-17)28(31)32)23(29)27(24(22)30)12-11-26-13-15-33-16-14-26/h3-10,25H,2,11-16H2,1H3. The lowest BCUT2D eigenvalue weighted by atomic mass is 10.0. The van der Waals surface area contributed by atoms with Gasteiger partial charge in [-0.1, -0.05) is 12.1 Å². The molecule has 0 aliphatic carbocycles. The Kier molecular flexibility index (Phi) is 7.19. The van der Waals surface area contributed by atoms with Crippen molar-refractivity contribution in [1.82, 2.24) is 9.80 Å². The third kappa shape index (κ3) is 4.92. The normalized spacial score (nSPS) is 16.8. The number of ether oxygens (including phenoxy) is 2. The van der Waals surface area contributed by atoms with E-state index in [4.69, 9.17) is 9.47 Å². The lowest BCUT2D eigenvalue weighted by Crippen LogP contribution is -2.43. The fraction of sp³-hybridized carbons (Fsp3) is 0.333. The van der Waals surface area contributed by atoms with Crippen LogP contribution in [0.4, 0.5) is 11.4 Å². The van der Waals surface area contributed by atoms with Crippen molar-refractivity contribution in [2.45, 2.75) is 6.92 Å². The van der Waals surface area contributed by atoms with E-state index in [1.807, 2.05) is 13.0 Å². The van der Waals surface area contributed by atoms with Crippen molar-refractivity contribution in [3.8, 4) is 5.75 Å². The summed E-state index contributed by atoms with van der Waals surface area (Å²) < 4.78 is 11.0. The number of nitro benzene ring substituents is 1. The Hall–Kier alpha value is -3.76. The number of nitrogens with one attached hydrogen (secondary N) is 1. The number of hydrogen-bond acceptors (Lipinski definition) is 8. The van der Waals surface area contributed by atoms with Gasteiger partial charge >= 0.3 is 0 Å². The first-order valence-electron chi connectivity index (χ1n) is 11.1.